The Morgan fingerprint density at radius 3 is 1.77 bits per heavy atom. The monoisotopic (exact) mass is 425 g/mol. The van der Waals surface area contributed by atoms with Gasteiger partial charge in [0.25, 0.3) is 5.08 Å². The van der Waals surface area contributed by atoms with Crippen molar-refractivity contribution in [2.45, 2.75) is 37.7 Å². The molecule has 7 N–H and O–H groups in total. The molecule has 0 fully saturated rings. The van der Waals surface area contributed by atoms with Gasteiger partial charge in [0.2, 0.25) is 0 Å². The predicted octanol–water partition coefficient (Wildman–Crippen LogP) is -3.21. The summed E-state index contributed by atoms with van der Waals surface area (Å²) in [5, 5.41) is 6.35. The van der Waals surface area contributed by atoms with Crippen LogP contribution in [0, 0.1) is 0 Å². The summed E-state index contributed by atoms with van der Waals surface area (Å²) in [5.74, 6) is 0. The van der Waals surface area contributed by atoms with Gasteiger partial charge in [0.15, 0.2) is 0 Å². The Bertz CT molecular complexity index is 361. The van der Waals surface area contributed by atoms with Crippen LogP contribution in [-0.4, -0.2) is 60.3 Å². The number of aliphatic hydroxyl groups is 1. The van der Waals surface area contributed by atoms with Crippen molar-refractivity contribution in [1.29, 1.82) is 0 Å². The summed E-state index contributed by atoms with van der Waals surface area (Å²) in [5.41, 5.74) is 0. The van der Waals surface area contributed by atoms with E-state index in [0.717, 1.165) is 19.3 Å². The molecule has 0 amide bonds. The van der Waals surface area contributed by atoms with Crippen molar-refractivity contribution in [1.82, 2.24) is 4.90 Å². The van der Waals surface area contributed by atoms with Crippen molar-refractivity contribution in [3.63, 3.8) is 0 Å². The zero-order chi connectivity index (χ0) is 15.3. The van der Waals surface area contributed by atoms with Crippen molar-refractivity contribution in [3.05, 3.63) is 0 Å². The molecule has 0 atom stereocenters. The van der Waals surface area contributed by atoms with Crippen molar-refractivity contribution >= 4 is 15.2 Å². The van der Waals surface area contributed by atoms with Gasteiger partial charge >= 0.3 is 44.7 Å². The molecule has 0 aromatic heterocycles. The third kappa shape index (κ3) is 9.94. The van der Waals surface area contributed by atoms with Gasteiger partial charge in [0.1, 0.15) is 0 Å². The first kappa shape index (κ1) is 31.6. The zero-order valence-electron chi connectivity index (χ0n) is 14.3. The maximum Gasteiger partial charge on any atom is 1.00 e. The van der Waals surface area contributed by atoms with E-state index in [1.807, 2.05) is 6.92 Å². The molecule has 0 spiro atoms. The largest absolute Gasteiger partial charge is 1.00 e. The predicted molar refractivity (Wildman–Crippen MR) is 75.4 cm³/mol. The van der Waals surface area contributed by atoms with Gasteiger partial charge in [-0.2, -0.15) is 0 Å². The third-order valence-corrected chi connectivity index (χ3v) is 6.78. The zero-order valence-corrected chi connectivity index (χ0v) is 20.1. The van der Waals surface area contributed by atoms with Crippen molar-refractivity contribution in [2.24, 2.45) is 0 Å². The Balaban J connectivity index is -0.000000270. The van der Waals surface area contributed by atoms with Gasteiger partial charge in [0.05, 0.1) is 0 Å². The van der Waals surface area contributed by atoms with Crippen LogP contribution in [0.5, 0.6) is 0 Å². The van der Waals surface area contributed by atoms with Gasteiger partial charge < -0.3 is 36.5 Å². The standard InChI is InChI=1S/C9H23NO7P2.Na.H2O.Zn.H/c1-3-4-5-7-10(2)8-6-9(11,18(12,13)14)19(15,16)17;;;;/h11H,3-8H2,1-2H3,(H2,12,13,14)(H2,15,16,17);;1H2;;/q;+1;;;-1. The molecule has 22 heavy (non-hydrogen) atoms. The Kier molecular flexibility index (Phi) is 18.7. The van der Waals surface area contributed by atoms with Crippen LogP contribution in [0.25, 0.3) is 0 Å². The van der Waals surface area contributed by atoms with E-state index in [1.54, 1.807) is 11.9 Å². The molecular weight excluding hydrogens is 400 g/mol. The summed E-state index contributed by atoms with van der Waals surface area (Å²) >= 11 is 0. The van der Waals surface area contributed by atoms with Crippen LogP contribution < -0.4 is 29.6 Å². The number of rotatable bonds is 9. The van der Waals surface area contributed by atoms with Gasteiger partial charge in [-0.05, 0) is 20.0 Å². The Hall–Kier alpha value is 1.80. The molecule has 0 rings (SSSR count). The first-order chi connectivity index (χ1) is 8.45. The SMILES string of the molecule is CCCCCN(C)CCC(O)(P(=O)(O)O)P(=O)(O)O.O.[H-].[Na+].[Zn]. The summed E-state index contributed by atoms with van der Waals surface area (Å²) in [6.45, 7) is 2.64. The van der Waals surface area contributed by atoms with Gasteiger partial charge in [-0.15, -0.1) is 0 Å². The molecule has 0 aliphatic rings. The Morgan fingerprint density at radius 2 is 1.45 bits per heavy atom. The summed E-state index contributed by atoms with van der Waals surface area (Å²) in [7, 11) is -9.00. The molecule has 13 heteroatoms. The van der Waals surface area contributed by atoms with Gasteiger partial charge in [-0.3, -0.25) is 9.13 Å². The van der Waals surface area contributed by atoms with Crippen molar-refractivity contribution in [3.8, 4) is 0 Å². The van der Waals surface area contributed by atoms with E-state index >= 15 is 0 Å². The normalized spacial score (nSPS) is 12.2. The molecule has 0 radical (unpaired) electrons. The number of hydrogen-bond donors (Lipinski definition) is 5. The molecule has 0 aliphatic carbocycles. The van der Waals surface area contributed by atoms with Gasteiger partial charge in [-0.1, -0.05) is 19.8 Å². The fourth-order valence-electron chi connectivity index (χ4n) is 1.55. The van der Waals surface area contributed by atoms with Crippen LogP contribution >= 0.6 is 15.2 Å². The maximum absolute atomic E-state index is 11.1. The second-order valence-electron chi connectivity index (χ2n) is 4.62. The van der Waals surface area contributed by atoms with E-state index < -0.39 is 26.7 Å². The van der Waals surface area contributed by atoms with Gasteiger partial charge in [0, 0.05) is 32.4 Å². The van der Waals surface area contributed by atoms with E-state index in [-0.39, 0.29) is 62.5 Å². The van der Waals surface area contributed by atoms with Crippen LogP contribution in [0.3, 0.4) is 0 Å². The van der Waals surface area contributed by atoms with Crippen LogP contribution in [0.1, 0.15) is 34.0 Å². The second kappa shape index (κ2) is 13.1. The molecule has 0 aromatic rings. The van der Waals surface area contributed by atoms with Crippen LogP contribution in [0.2, 0.25) is 0 Å². The minimum absolute atomic E-state index is 0. The number of unbranched alkanes of at least 4 members (excludes halogenated alkanes) is 2. The third-order valence-electron chi connectivity index (χ3n) is 2.91. The van der Waals surface area contributed by atoms with Gasteiger partial charge in [-0.25, -0.2) is 0 Å². The fourth-order valence-corrected chi connectivity index (χ4v) is 3.69. The summed E-state index contributed by atoms with van der Waals surface area (Å²) in [4.78, 5) is 37.5. The van der Waals surface area contributed by atoms with E-state index in [0.29, 0.717) is 6.54 Å². The van der Waals surface area contributed by atoms with E-state index in [1.165, 1.54) is 0 Å². The number of hydrogen-bond acceptors (Lipinski definition) is 4. The fraction of sp³-hybridized carbons (Fsp3) is 1.00. The van der Waals surface area contributed by atoms with E-state index in [9.17, 15) is 14.2 Å². The molecule has 128 valence electrons. The minimum atomic E-state index is -5.33. The summed E-state index contributed by atoms with van der Waals surface area (Å²) < 4.78 is 22.2. The smallest absolute Gasteiger partial charge is 1.00 e. The molecule has 0 bridgehead atoms. The van der Waals surface area contributed by atoms with E-state index in [4.69, 9.17) is 19.6 Å². The maximum atomic E-state index is 11.1. The van der Waals surface area contributed by atoms with Crippen LogP contribution in [0.15, 0.2) is 0 Å². The average Bonchev–Trinajstić information content (AvgIpc) is 2.23. The molecule has 0 saturated carbocycles. The van der Waals surface area contributed by atoms with Crippen molar-refractivity contribution in [2.75, 3.05) is 20.1 Å². The average molecular weight is 427 g/mol. The quantitative estimate of drug-likeness (QED) is 0.146. The minimum Gasteiger partial charge on any atom is -1.00 e. The molecule has 0 unspecified atom stereocenters. The van der Waals surface area contributed by atoms with Crippen LogP contribution in [-0.2, 0) is 28.6 Å². The molecular formula is C9H26NNaO8P2Zn. The molecule has 0 heterocycles. The first-order valence-electron chi connectivity index (χ1n) is 5.98. The van der Waals surface area contributed by atoms with Crippen molar-refractivity contribution < 1.29 is 89.7 Å². The first-order valence-corrected chi connectivity index (χ1v) is 9.20. The Labute approximate surface area is 167 Å². The molecule has 0 aromatic carbocycles. The number of nitrogens with zero attached hydrogens (tertiary/aromatic N) is 1. The molecule has 0 aliphatic heterocycles. The summed E-state index contributed by atoms with van der Waals surface area (Å²) in [6.07, 6.45) is 2.19. The molecule has 0 saturated heterocycles. The van der Waals surface area contributed by atoms with Crippen LogP contribution in [0.4, 0.5) is 0 Å². The molecule has 9 nitrogen and oxygen atoms in total. The summed E-state index contributed by atoms with van der Waals surface area (Å²) in [6, 6.07) is 0. The topological polar surface area (TPSA) is 170 Å². The Morgan fingerprint density at radius 1 is 1.05 bits per heavy atom. The van der Waals surface area contributed by atoms with E-state index in [2.05, 4.69) is 0 Å². The second-order valence-corrected chi connectivity index (χ2v) is 8.63.